The Balaban J connectivity index is 0. The molecule has 0 aliphatic rings. The second kappa shape index (κ2) is 5.16. The lowest BCUT2D eigenvalue weighted by molar-refractivity contribution is -0.134. The summed E-state index contributed by atoms with van der Waals surface area (Å²) >= 11 is 0. The van der Waals surface area contributed by atoms with Crippen molar-refractivity contribution in [2.45, 2.75) is 26.1 Å². The zero-order valence-electron chi connectivity index (χ0n) is 6.16. The van der Waals surface area contributed by atoms with Crippen LogP contribution in [0.3, 0.4) is 0 Å². The fraction of sp³-hybridized carbons (Fsp3) is 0.800. The number of rotatable bonds is 1. The summed E-state index contributed by atoms with van der Waals surface area (Å²) in [5.41, 5.74) is 9.74. The van der Waals surface area contributed by atoms with Crippen molar-refractivity contribution in [2.24, 2.45) is 11.5 Å². The van der Waals surface area contributed by atoms with Gasteiger partial charge in [0, 0.05) is 13.3 Å². The molecule has 0 unspecified atom stereocenters. The lowest BCUT2D eigenvalue weighted by Crippen LogP contribution is -2.48. The molecule has 0 aliphatic heterocycles. The summed E-state index contributed by atoms with van der Waals surface area (Å²) in [6.45, 7) is 2.79. The predicted molar refractivity (Wildman–Crippen MR) is 36.9 cm³/mol. The van der Waals surface area contributed by atoms with Gasteiger partial charge in [0.1, 0.15) is 0 Å². The van der Waals surface area contributed by atoms with E-state index < -0.39 is 11.8 Å². The zero-order chi connectivity index (χ0) is 8.78. The molecule has 10 heavy (non-hydrogen) atoms. The van der Waals surface area contributed by atoms with Gasteiger partial charge in [0.25, 0.3) is 5.97 Å². The molecule has 0 fully saturated rings. The van der Waals surface area contributed by atoms with Crippen LogP contribution in [0.15, 0.2) is 0 Å². The molecular formula is C5H14N2O3. The van der Waals surface area contributed by atoms with Crippen LogP contribution in [0, 0.1) is 0 Å². The number of aliphatic carboxylic acids is 1. The maximum atomic E-state index is 9.00. The molecule has 0 rings (SSSR count). The number of hydrogen-bond donors (Lipinski definition) is 4. The molecule has 62 valence electrons. The van der Waals surface area contributed by atoms with Crippen LogP contribution in [0.2, 0.25) is 0 Å². The van der Waals surface area contributed by atoms with Crippen molar-refractivity contribution in [2.75, 3.05) is 0 Å². The number of nitrogens with two attached hydrogens (primary N) is 2. The predicted octanol–water partition coefficient (Wildman–Crippen LogP) is -0.949. The number of aliphatic hydroxyl groups is 1. The van der Waals surface area contributed by atoms with E-state index in [2.05, 4.69) is 0 Å². The number of hydrogen-bond acceptors (Lipinski definition) is 4. The maximum Gasteiger partial charge on any atom is 0.300 e. The minimum absolute atomic E-state index is 0.382. The van der Waals surface area contributed by atoms with E-state index in [1.54, 1.807) is 6.92 Å². The summed E-state index contributed by atoms with van der Waals surface area (Å²) in [4.78, 5) is 9.00. The lowest BCUT2D eigenvalue weighted by atomic mass is 10.3. The Morgan fingerprint density at radius 1 is 1.60 bits per heavy atom. The summed E-state index contributed by atoms with van der Waals surface area (Å²) in [6, 6.07) is 0. The molecule has 0 aromatic rings. The van der Waals surface area contributed by atoms with Crippen LogP contribution < -0.4 is 11.5 Å². The first kappa shape index (κ1) is 12.1. The molecule has 0 saturated carbocycles. The highest BCUT2D eigenvalue weighted by molar-refractivity contribution is 5.62. The Bertz CT molecular complexity index is 93.6. The molecule has 0 radical (unpaired) electrons. The second-order valence-corrected chi connectivity index (χ2v) is 1.86. The van der Waals surface area contributed by atoms with Gasteiger partial charge in [0.2, 0.25) is 0 Å². The van der Waals surface area contributed by atoms with Crippen LogP contribution >= 0.6 is 0 Å². The van der Waals surface area contributed by atoms with Gasteiger partial charge >= 0.3 is 0 Å². The van der Waals surface area contributed by atoms with E-state index in [1.165, 1.54) is 0 Å². The van der Waals surface area contributed by atoms with Crippen LogP contribution in [-0.2, 0) is 4.79 Å². The minimum Gasteiger partial charge on any atom is -0.481 e. The Hall–Kier alpha value is -0.650. The summed E-state index contributed by atoms with van der Waals surface area (Å²) in [7, 11) is 0. The molecule has 0 amide bonds. The first-order valence-corrected chi connectivity index (χ1v) is 2.79. The molecule has 0 heterocycles. The summed E-state index contributed by atoms with van der Waals surface area (Å²) < 4.78 is 0. The molecule has 5 heteroatoms. The molecule has 0 spiro atoms. The molecule has 0 aliphatic carbocycles. The maximum absolute atomic E-state index is 9.00. The van der Waals surface area contributed by atoms with Gasteiger partial charge in [-0.3, -0.25) is 16.3 Å². The highest BCUT2D eigenvalue weighted by atomic mass is 16.4. The average Bonchev–Trinajstić information content (AvgIpc) is 1.63. The Morgan fingerprint density at radius 3 is 1.70 bits per heavy atom. The van der Waals surface area contributed by atoms with Gasteiger partial charge in [0.05, 0.1) is 0 Å². The Labute approximate surface area is 59.6 Å². The van der Waals surface area contributed by atoms with Crippen LogP contribution in [0.1, 0.15) is 20.3 Å². The third-order valence-corrected chi connectivity index (χ3v) is 0.566. The van der Waals surface area contributed by atoms with Crippen molar-refractivity contribution in [1.29, 1.82) is 0 Å². The van der Waals surface area contributed by atoms with Gasteiger partial charge in [-0.25, -0.2) is 0 Å². The van der Waals surface area contributed by atoms with E-state index in [9.17, 15) is 0 Å². The molecule has 0 bridgehead atoms. The Kier molecular flexibility index (Phi) is 6.23. The van der Waals surface area contributed by atoms with Gasteiger partial charge in [-0.15, -0.1) is 0 Å². The second-order valence-electron chi connectivity index (χ2n) is 1.86. The lowest BCUT2D eigenvalue weighted by Gasteiger charge is -2.11. The largest absolute Gasteiger partial charge is 0.481 e. The molecule has 5 nitrogen and oxygen atoms in total. The first-order chi connectivity index (χ1) is 4.29. The van der Waals surface area contributed by atoms with Crippen molar-refractivity contribution in [3.05, 3.63) is 0 Å². The van der Waals surface area contributed by atoms with E-state index >= 15 is 0 Å². The molecule has 0 aromatic carbocycles. The van der Waals surface area contributed by atoms with Crippen molar-refractivity contribution in [3.63, 3.8) is 0 Å². The third kappa shape index (κ3) is 53.7. The molecule has 0 aromatic heterocycles. The van der Waals surface area contributed by atoms with E-state index in [1.807, 2.05) is 0 Å². The van der Waals surface area contributed by atoms with Crippen molar-refractivity contribution < 1.29 is 15.0 Å². The molecule has 0 saturated heterocycles. The minimum atomic E-state index is -1.46. The SMILES string of the molecule is CC(=O)O.CCC(N)(N)O. The zero-order valence-corrected chi connectivity index (χ0v) is 6.16. The highest BCUT2D eigenvalue weighted by Gasteiger charge is 2.06. The van der Waals surface area contributed by atoms with Crippen LogP contribution in [0.4, 0.5) is 0 Å². The summed E-state index contributed by atoms with van der Waals surface area (Å²) in [5.74, 6) is -2.29. The first-order valence-electron chi connectivity index (χ1n) is 2.79. The Morgan fingerprint density at radius 2 is 1.70 bits per heavy atom. The van der Waals surface area contributed by atoms with Gasteiger partial charge < -0.3 is 10.2 Å². The van der Waals surface area contributed by atoms with Crippen molar-refractivity contribution in [3.8, 4) is 0 Å². The topological polar surface area (TPSA) is 110 Å². The van der Waals surface area contributed by atoms with E-state index in [4.69, 9.17) is 26.5 Å². The number of carboxylic acids is 1. The fourth-order valence-corrected chi connectivity index (χ4v) is 0. The van der Waals surface area contributed by atoms with Crippen LogP contribution in [-0.4, -0.2) is 22.0 Å². The van der Waals surface area contributed by atoms with Gasteiger partial charge in [-0.2, -0.15) is 0 Å². The van der Waals surface area contributed by atoms with Crippen LogP contribution in [0.25, 0.3) is 0 Å². The molecular weight excluding hydrogens is 136 g/mol. The number of carbonyl (C=O) groups is 1. The highest BCUT2D eigenvalue weighted by Crippen LogP contribution is 1.85. The monoisotopic (exact) mass is 150 g/mol. The standard InChI is InChI=1S/C3H10N2O.C2H4O2/c1-2-3(4,5)6;1-2(3)4/h6H,2,4-5H2,1H3;1H3,(H,3,4). The van der Waals surface area contributed by atoms with Crippen molar-refractivity contribution in [1.82, 2.24) is 0 Å². The quantitative estimate of drug-likeness (QED) is 0.360. The smallest absolute Gasteiger partial charge is 0.300 e. The molecule has 6 N–H and O–H groups in total. The van der Waals surface area contributed by atoms with E-state index in [-0.39, 0.29) is 0 Å². The van der Waals surface area contributed by atoms with E-state index in [0.717, 1.165) is 6.92 Å². The average molecular weight is 150 g/mol. The van der Waals surface area contributed by atoms with Crippen molar-refractivity contribution >= 4 is 5.97 Å². The number of carboxylic acid groups (broad SMARTS) is 1. The normalized spacial score (nSPS) is 9.70. The van der Waals surface area contributed by atoms with E-state index in [0.29, 0.717) is 6.42 Å². The van der Waals surface area contributed by atoms with Crippen LogP contribution in [0.5, 0.6) is 0 Å². The molecule has 0 atom stereocenters. The third-order valence-electron chi connectivity index (χ3n) is 0.566. The summed E-state index contributed by atoms with van der Waals surface area (Å²) in [5, 5.41) is 15.8. The van der Waals surface area contributed by atoms with Gasteiger partial charge in [-0.1, -0.05) is 6.92 Å². The fourth-order valence-electron chi connectivity index (χ4n) is 0. The van der Waals surface area contributed by atoms with Gasteiger partial charge in [0.15, 0.2) is 5.85 Å². The summed E-state index contributed by atoms with van der Waals surface area (Å²) in [6.07, 6.45) is 0.382. The van der Waals surface area contributed by atoms with Gasteiger partial charge in [-0.05, 0) is 0 Å².